The van der Waals surface area contributed by atoms with Gasteiger partial charge in [0.25, 0.3) is 15.9 Å². The summed E-state index contributed by atoms with van der Waals surface area (Å²) >= 11 is 1.63. The second kappa shape index (κ2) is 10.5. The van der Waals surface area contributed by atoms with Gasteiger partial charge in [0.2, 0.25) is 0 Å². The molecular weight excluding hydrogens is 532 g/mol. The largest absolute Gasteiger partial charge is 0.494 e. The minimum atomic E-state index is -3.71. The van der Waals surface area contributed by atoms with E-state index in [1.807, 2.05) is 54.3 Å². The van der Waals surface area contributed by atoms with Gasteiger partial charge in [-0.15, -0.1) is 0 Å². The normalized spacial score (nSPS) is 15.9. The lowest BCUT2D eigenvalue weighted by Gasteiger charge is -2.34. The molecular formula is C29H30N4O4S2. The number of aromatic nitrogens is 1. The van der Waals surface area contributed by atoms with Crippen LogP contribution in [0.2, 0.25) is 0 Å². The molecule has 0 bridgehead atoms. The predicted molar refractivity (Wildman–Crippen MR) is 155 cm³/mol. The Morgan fingerprint density at radius 3 is 2.51 bits per heavy atom. The second-order valence-corrected chi connectivity index (χ2v) is 12.5. The summed E-state index contributed by atoms with van der Waals surface area (Å²) in [6.07, 6.45) is 1.65. The number of rotatable bonds is 6. The van der Waals surface area contributed by atoms with Crippen molar-refractivity contribution in [2.45, 2.75) is 24.7 Å². The van der Waals surface area contributed by atoms with Gasteiger partial charge in [-0.25, -0.2) is 13.4 Å². The van der Waals surface area contributed by atoms with E-state index in [2.05, 4.69) is 4.90 Å². The first-order valence-electron chi connectivity index (χ1n) is 13.2. The summed E-state index contributed by atoms with van der Waals surface area (Å²) in [6, 6.07) is 19.9. The number of carbonyl (C=O) groups excluding carboxylic acids is 1. The maximum Gasteiger partial charge on any atom is 0.264 e. The molecule has 0 atom stereocenters. The average Bonchev–Trinajstić information content (AvgIpc) is 3.40. The van der Waals surface area contributed by atoms with Crippen molar-refractivity contribution in [2.75, 3.05) is 48.5 Å². The number of para-hydroxylation sites is 1. The Hall–Kier alpha value is -3.63. The number of hydrogen-bond acceptors (Lipinski definition) is 7. The summed E-state index contributed by atoms with van der Waals surface area (Å²) in [5, 5.41) is 0.944. The fourth-order valence-corrected chi connectivity index (χ4v) is 7.80. The highest BCUT2D eigenvalue weighted by Gasteiger charge is 2.30. The number of ether oxygens (including phenoxy) is 1. The molecule has 0 saturated carbocycles. The zero-order valence-electron chi connectivity index (χ0n) is 21.7. The zero-order chi connectivity index (χ0) is 27.0. The number of anilines is 2. The fraction of sp³-hybridized carbons (Fsp3) is 0.310. The van der Waals surface area contributed by atoms with Crippen LogP contribution in [-0.4, -0.2) is 63.5 Å². The van der Waals surface area contributed by atoms with Crippen LogP contribution >= 0.6 is 11.3 Å². The number of nitrogens with zero attached hydrogens (tertiary/aromatic N) is 4. The molecule has 202 valence electrons. The molecule has 2 aliphatic heterocycles. The van der Waals surface area contributed by atoms with E-state index in [1.165, 1.54) is 4.31 Å². The molecule has 1 saturated heterocycles. The Labute approximate surface area is 232 Å². The third-order valence-electron chi connectivity index (χ3n) is 7.25. The van der Waals surface area contributed by atoms with Gasteiger partial charge in [-0.3, -0.25) is 9.10 Å². The van der Waals surface area contributed by atoms with E-state index in [4.69, 9.17) is 9.72 Å². The molecule has 8 nitrogen and oxygen atoms in total. The smallest absolute Gasteiger partial charge is 0.264 e. The molecule has 2 aliphatic rings. The molecule has 3 aromatic carbocycles. The van der Waals surface area contributed by atoms with Crippen molar-refractivity contribution < 1.29 is 17.9 Å². The summed E-state index contributed by atoms with van der Waals surface area (Å²) in [6.45, 7) is 5.56. The number of carbonyl (C=O) groups is 1. The van der Waals surface area contributed by atoms with Crippen LogP contribution < -0.4 is 13.9 Å². The van der Waals surface area contributed by atoms with Crippen LogP contribution in [0.4, 0.5) is 10.8 Å². The lowest BCUT2D eigenvalue weighted by molar-refractivity contribution is 0.0746. The van der Waals surface area contributed by atoms with Crippen molar-refractivity contribution in [3.05, 3.63) is 77.9 Å². The predicted octanol–water partition coefficient (Wildman–Crippen LogP) is 4.80. The fourth-order valence-electron chi connectivity index (χ4n) is 5.21. The molecule has 10 heteroatoms. The van der Waals surface area contributed by atoms with Crippen LogP contribution in [0.5, 0.6) is 5.75 Å². The van der Waals surface area contributed by atoms with Gasteiger partial charge in [-0.1, -0.05) is 29.5 Å². The van der Waals surface area contributed by atoms with Crippen molar-refractivity contribution in [2.24, 2.45) is 0 Å². The number of sulfonamides is 1. The molecule has 1 aromatic heterocycles. The van der Waals surface area contributed by atoms with Gasteiger partial charge in [0.1, 0.15) is 5.75 Å². The van der Waals surface area contributed by atoms with Gasteiger partial charge in [0.05, 0.1) is 27.4 Å². The number of aryl methyl sites for hydroxylation is 1. The van der Waals surface area contributed by atoms with Crippen LogP contribution in [-0.2, 0) is 16.4 Å². The molecule has 0 unspecified atom stereocenters. The second-order valence-electron chi connectivity index (χ2n) is 9.67. The molecule has 6 rings (SSSR count). The topological polar surface area (TPSA) is 83.0 Å². The number of thiazole rings is 1. The van der Waals surface area contributed by atoms with E-state index in [0.717, 1.165) is 45.2 Å². The van der Waals surface area contributed by atoms with E-state index in [0.29, 0.717) is 44.9 Å². The van der Waals surface area contributed by atoms with Gasteiger partial charge in [0, 0.05) is 38.3 Å². The van der Waals surface area contributed by atoms with E-state index in [9.17, 15) is 13.2 Å². The van der Waals surface area contributed by atoms with Gasteiger partial charge < -0.3 is 14.5 Å². The maximum atomic E-state index is 13.4. The monoisotopic (exact) mass is 562 g/mol. The van der Waals surface area contributed by atoms with Crippen molar-refractivity contribution in [1.29, 1.82) is 0 Å². The highest BCUT2D eigenvalue weighted by atomic mass is 32.2. The van der Waals surface area contributed by atoms with Crippen LogP contribution in [0.3, 0.4) is 0 Å². The van der Waals surface area contributed by atoms with Crippen LogP contribution in [0.15, 0.2) is 71.6 Å². The van der Waals surface area contributed by atoms with Gasteiger partial charge in [-0.05, 0) is 73.9 Å². The molecule has 0 radical (unpaired) electrons. The van der Waals surface area contributed by atoms with Crippen molar-refractivity contribution >= 4 is 48.3 Å². The number of hydrogen-bond donors (Lipinski definition) is 0. The standard InChI is InChI=1S/C29H30N4O4S2/c1-2-37-23-11-14-25-27(20-23)38-29(30-25)32-18-16-31(17-19-32)28(34)22-9-12-24(13-10-22)39(35,36)33-15-5-7-21-6-3-4-8-26(21)33/h3-4,6,8-14,20H,2,5,7,15-19H2,1H3. The molecule has 4 aromatic rings. The SMILES string of the molecule is CCOc1ccc2nc(N3CCN(C(=O)c4ccc(S(=O)(=O)N5CCCc6ccccc65)cc4)CC3)sc2c1. The lowest BCUT2D eigenvalue weighted by Crippen LogP contribution is -2.48. The van der Waals surface area contributed by atoms with Crippen molar-refractivity contribution in [1.82, 2.24) is 9.88 Å². The third kappa shape index (κ3) is 4.94. The maximum absolute atomic E-state index is 13.4. The summed E-state index contributed by atoms with van der Waals surface area (Å²) in [7, 11) is -3.71. The first-order chi connectivity index (χ1) is 18.9. The minimum Gasteiger partial charge on any atom is -0.494 e. The van der Waals surface area contributed by atoms with E-state index in [1.54, 1.807) is 35.6 Å². The minimum absolute atomic E-state index is 0.0902. The van der Waals surface area contributed by atoms with E-state index < -0.39 is 10.0 Å². The third-order valence-corrected chi connectivity index (χ3v) is 10.2. The van der Waals surface area contributed by atoms with Crippen LogP contribution in [0.25, 0.3) is 10.2 Å². The molecule has 39 heavy (non-hydrogen) atoms. The highest BCUT2D eigenvalue weighted by Crippen LogP contribution is 2.33. The molecule has 0 aliphatic carbocycles. The Morgan fingerprint density at radius 2 is 1.74 bits per heavy atom. The molecule has 0 spiro atoms. The Kier molecular flexibility index (Phi) is 6.90. The first kappa shape index (κ1) is 25.6. The molecule has 0 N–H and O–H groups in total. The van der Waals surface area contributed by atoms with Gasteiger partial charge in [-0.2, -0.15) is 0 Å². The zero-order valence-corrected chi connectivity index (χ0v) is 23.4. The molecule has 1 fully saturated rings. The Bertz CT molecular complexity index is 1610. The Balaban J connectivity index is 1.12. The number of piperazine rings is 1. The summed E-state index contributed by atoms with van der Waals surface area (Å²) < 4.78 is 35.0. The quantitative estimate of drug-likeness (QED) is 0.336. The highest BCUT2D eigenvalue weighted by molar-refractivity contribution is 7.92. The Morgan fingerprint density at radius 1 is 0.974 bits per heavy atom. The van der Waals surface area contributed by atoms with Crippen molar-refractivity contribution in [3.63, 3.8) is 0 Å². The van der Waals surface area contributed by atoms with E-state index in [-0.39, 0.29) is 10.8 Å². The number of benzene rings is 3. The molecule has 1 amide bonds. The number of amides is 1. The van der Waals surface area contributed by atoms with Gasteiger partial charge in [0.15, 0.2) is 5.13 Å². The first-order valence-corrected chi connectivity index (χ1v) is 15.5. The van der Waals surface area contributed by atoms with Crippen molar-refractivity contribution in [3.8, 4) is 5.75 Å². The average molecular weight is 563 g/mol. The number of fused-ring (bicyclic) bond motifs is 2. The summed E-state index contributed by atoms with van der Waals surface area (Å²) in [5.74, 6) is 0.753. The summed E-state index contributed by atoms with van der Waals surface area (Å²) in [4.78, 5) is 22.2. The van der Waals surface area contributed by atoms with E-state index >= 15 is 0 Å². The lowest BCUT2D eigenvalue weighted by atomic mass is 10.0. The van der Waals surface area contributed by atoms with Crippen LogP contribution in [0, 0.1) is 0 Å². The molecule has 3 heterocycles. The van der Waals surface area contributed by atoms with Crippen LogP contribution in [0.1, 0.15) is 29.3 Å². The van der Waals surface area contributed by atoms with Gasteiger partial charge >= 0.3 is 0 Å². The summed E-state index contributed by atoms with van der Waals surface area (Å²) in [5.41, 5.74) is 3.22.